The molecule has 2 aromatic heterocycles. The highest BCUT2D eigenvalue weighted by atomic mass is 16.3. The number of hydrogen-bond donors (Lipinski definition) is 4. The molecule has 0 aromatic carbocycles. The number of fused-ring (bicyclic) bond motifs is 1. The fourth-order valence-electron chi connectivity index (χ4n) is 3.79. The highest BCUT2D eigenvalue weighted by molar-refractivity contribution is 5.71. The minimum atomic E-state index is -0.646. The number of nitrogen functional groups attached to an aromatic ring is 1. The molecule has 0 unspecified atom stereocenters. The number of nitrogens with zero attached hydrogens (tertiary/aromatic N) is 3. The van der Waals surface area contributed by atoms with Crippen molar-refractivity contribution in [3.8, 4) is 0 Å². The van der Waals surface area contributed by atoms with E-state index in [1.54, 1.807) is 0 Å². The van der Waals surface area contributed by atoms with Gasteiger partial charge in [0, 0.05) is 0 Å². The predicted molar refractivity (Wildman–Crippen MR) is 84.1 cm³/mol. The molecule has 23 heavy (non-hydrogen) atoms. The molecule has 0 bridgehead atoms. The Morgan fingerprint density at radius 3 is 2.30 bits per heavy atom. The number of aromatic nitrogens is 4. The molecule has 0 amide bonds. The molecule has 2 saturated carbocycles. The average molecular weight is 319 g/mol. The van der Waals surface area contributed by atoms with E-state index in [1.165, 1.54) is 4.57 Å². The van der Waals surface area contributed by atoms with Crippen LogP contribution in [0.15, 0.2) is 4.79 Å². The molecule has 8 heteroatoms. The van der Waals surface area contributed by atoms with E-state index in [1.807, 2.05) is 0 Å². The van der Waals surface area contributed by atoms with E-state index < -0.39 is 11.0 Å². The van der Waals surface area contributed by atoms with Crippen LogP contribution in [0, 0.1) is 0 Å². The lowest BCUT2D eigenvalue weighted by Crippen LogP contribution is -2.50. The molecule has 4 rings (SSSR count). The van der Waals surface area contributed by atoms with E-state index in [-0.39, 0.29) is 30.2 Å². The molecule has 0 spiro atoms. The molecule has 2 aromatic rings. The number of rotatable bonds is 4. The number of nitrogens with two attached hydrogens (primary N) is 1. The number of imidazole rings is 1. The van der Waals surface area contributed by atoms with Gasteiger partial charge in [0.15, 0.2) is 11.2 Å². The van der Waals surface area contributed by atoms with Crippen LogP contribution in [0.3, 0.4) is 0 Å². The van der Waals surface area contributed by atoms with Crippen LogP contribution in [0.1, 0.15) is 44.3 Å². The predicted octanol–water partition coefficient (Wildman–Crippen LogP) is -0.0127. The molecule has 0 saturated heterocycles. The van der Waals surface area contributed by atoms with Gasteiger partial charge in [-0.05, 0) is 32.1 Å². The lowest BCUT2D eigenvalue weighted by atomic mass is 9.69. The topological polar surface area (TPSA) is 130 Å². The molecule has 0 aliphatic heterocycles. The third kappa shape index (κ3) is 1.82. The van der Waals surface area contributed by atoms with Crippen molar-refractivity contribution in [3.63, 3.8) is 0 Å². The smallest absolute Gasteiger partial charge is 0.283 e. The minimum Gasteiger partial charge on any atom is -0.395 e. The Hall–Kier alpha value is -1.93. The van der Waals surface area contributed by atoms with Gasteiger partial charge in [0.05, 0.1) is 24.2 Å². The number of aromatic amines is 1. The Morgan fingerprint density at radius 1 is 1.13 bits per heavy atom. The zero-order chi connectivity index (χ0) is 16.2. The van der Waals surface area contributed by atoms with E-state index in [9.17, 15) is 15.0 Å². The number of hydrogen-bond acceptors (Lipinski definition) is 6. The van der Waals surface area contributed by atoms with E-state index >= 15 is 0 Å². The fourth-order valence-corrected chi connectivity index (χ4v) is 3.79. The highest BCUT2D eigenvalue weighted by Gasteiger charge is 2.43. The summed E-state index contributed by atoms with van der Waals surface area (Å²) in [6.45, 7) is -0.140. The number of aliphatic hydroxyl groups excluding tert-OH is 2. The van der Waals surface area contributed by atoms with Crippen molar-refractivity contribution in [1.29, 1.82) is 0 Å². The van der Waals surface area contributed by atoms with Gasteiger partial charge in [-0.25, -0.2) is 4.98 Å². The van der Waals surface area contributed by atoms with Crippen molar-refractivity contribution in [2.75, 3.05) is 18.9 Å². The Bertz CT molecular complexity index is 805. The first-order chi connectivity index (χ1) is 11.1. The van der Waals surface area contributed by atoms with E-state index in [0.29, 0.717) is 24.3 Å². The summed E-state index contributed by atoms with van der Waals surface area (Å²) in [5.41, 5.74) is 5.22. The SMILES string of the molecule is Nc1nc2[nH]c(C3(CO)CCC3)nc2c(=O)n1C1(CO)CCC1. The third-order valence-corrected chi connectivity index (χ3v) is 5.71. The van der Waals surface area contributed by atoms with Gasteiger partial charge >= 0.3 is 0 Å². The molecule has 2 aliphatic carbocycles. The summed E-state index contributed by atoms with van der Waals surface area (Å²) in [5.74, 6) is 0.702. The van der Waals surface area contributed by atoms with Crippen molar-refractivity contribution >= 4 is 17.1 Å². The highest BCUT2D eigenvalue weighted by Crippen LogP contribution is 2.42. The Balaban J connectivity index is 1.90. The number of aliphatic hydroxyl groups is 2. The monoisotopic (exact) mass is 319 g/mol. The molecule has 2 fully saturated rings. The summed E-state index contributed by atoms with van der Waals surface area (Å²) in [6.07, 6.45) is 5.08. The first-order valence-corrected chi connectivity index (χ1v) is 8.06. The maximum atomic E-state index is 12.9. The normalized spacial score (nSPS) is 21.8. The maximum Gasteiger partial charge on any atom is 0.283 e. The number of anilines is 1. The van der Waals surface area contributed by atoms with Gasteiger partial charge in [0.2, 0.25) is 5.95 Å². The number of nitrogens with one attached hydrogen (secondary N) is 1. The standard InChI is InChI=1S/C15H21N5O3/c16-13-19-10-9(11(23)20(13)15(8-22)5-2-6-15)17-12(18-10)14(7-21)3-1-4-14/h21-22H,1-8H2,(H2,16,19)(H,17,18). The summed E-state index contributed by atoms with van der Waals surface area (Å²) in [6, 6.07) is 0. The largest absolute Gasteiger partial charge is 0.395 e. The Kier molecular flexibility index (Phi) is 3.05. The van der Waals surface area contributed by atoms with Crippen LogP contribution in [-0.2, 0) is 11.0 Å². The Labute approximate surface area is 132 Å². The van der Waals surface area contributed by atoms with Crippen LogP contribution >= 0.6 is 0 Å². The second-order valence-electron chi connectivity index (χ2n) is 6.92. The molecular weight excluding hydrogens is 298 g/mol. The van der Waals surface area contributed by atoms with E-state index in [0.717, 1.165) is 25.7 Å². The molecule has 2 heterocycles. The number of H-pyrrole nitrogens is 1. The van der Waals surface area contributed by atoms with Crippen molar-refractivity contribution < 1.29 is 10.2 Å². The first kappa shape index (κ1) is 14.6. The van der Waals surface area contributed by atoms with Gasteiger partial charge in [-0.1, -0.05) is 6.42 Å². The van der Waals surface area contributed by atoms with Crippen molar-refractivity contribution in [2.24, 2.45) is 0 Å². The maximum absolute atomic E-state index is 12.9. The van der Waals surface area contributed by atoms with Crippen LogP contribution in [0.25, 0.3) is 11.2 Å². The average Bonchev–Trinajstić information content (AvgIpc) is 2.85. The summed E-state index contributed by atoms with van der Waals surface area (Å²) >= 11 is 0. The lowest BCUT2D eigenvalue weighted by molar-refractivity contribution is 0.0537. The molecular formula is C15H21N5O3. The molecule has 5 N–H and O–H groups in total. The summed E-state index contributed by atoms with van der Waals surface area (Å²) in [7, 11) is 0. The van der Waals surface area contributed by atoms with E-state index in [4.69, 9.17) is 5.73 Å². The van der Waals surface area contributed by atoms with Gasteiger partial charge in [-0.15, -0.1) is 0 Å². The van der Waals surface area contributed by atoms with Crippen LogP contribution in [0.2, 0.25) is 0 Å². The summed E-state index contributed by atoms with van der Waals surface area (Å²) < 4.78 is 1.40. The van der Waals surface area contributed by atoms with Crippen LogP contribution in [0.4, 0.5) is 5.95 Å². The van der Waals surface area contributed by atoms with Crippen molar-refractivity contribution in [1.82, 2.24) is 19.5 Å². The third-order valence-electron chi connectivity index (χ3n) is 5.71. The summed E-state index contributed by atoms with van der Waals surface area (Å²) in [4.78, 5) is 24.7. The lowest BCUT2D eigenvalue weighted by Gasteiger charge is -2.42. The second kappa shape index (κ2) is 4.78. The van der Waals surface area contributed by atoms with Gasteiger partial charge in [-0.3, -0.25) is 9.36 Å². The van der Waals surface area contributed by atoms with Crippen LogP contribution in [-0.4, -0.2) is 42.9 Å². The zero-order valence-corrected chi connectivity index (χ0v) is 12.9. The van der Waals surface area contributed by atoms with Crippen LogP contribution in [0.5, 0.6) is 0 Å². The summed E-state index contributed by atoms with van der Waals surface area (Å²) in [5, 5.41) is 19.4. The first-order valence-electron chi connectivity index (χ1n) is 8.06. The van der Waals surface area contributed by atoms with Gasteiger partial charge in [0.25, 0.3) is 5.56 Å². The van der Waals surface area contributed by atoms with Crippen molar-refractivity contribution in [3.05, 3.63) is 16.2 Å². The van der Waals surface area contributed by atoms with Gasteiger partial charge < -0.3 is 20.9 Å². The molecule has 124 valence electrons. The van der Waals surface area contributed by atoms with Gasteiger partial charge in [-0.2, -0.15) is 4.98 Å². The molecule has 8 nitrogen and oxygen atoms in total. The quantitative estimate of drug-likeness (QED) is 0.627. The second-order valence-corrected chi connectivity index (χ2v) is 6.92. The fraction of sp³-hybridized carbons (Fsp3) is 0.667. The van der Waals surface area contributed by atoms with Crippen LogP contribution < -0.4 is 11.3 Å². The van der Waals surface area contributed by atoms with E-state index in [2.05, 4.69) is 15.0 Å². The zero-order valence-electron chi connectivity index (χ0n) is 12.9. The van der Waals surface area contributed by atoms with Crippen molar-refractivity contribution in [2.45, 2.75) is 49.5 Å². The Morgan fingerprint density at radius 2 is 1.83 bits per heavy atom. The minimum absolute atomic E-state index is 0.00290. The molecule has 2 aliphatic rings. The molecule has 0 radical (unpaired) electrons. The van der Waals surface area contributed by atoms with Gasteiger partial charge in [0.1, 0.15) is 5.82 Å². The molecule has 0 atom stereocenters.